The fourth-order valence-electron chi connectivity index (χ4n) is 4.55. The van der Waals surface area contributed by atoms with Gasteiger partial charge in [-0.25, -0.2) is 14.1 Å². The first-order valence-corrected chi connectivity index (χ1v) is 11.0. The maximum absolute atomic E-state index is 15.3. The lowest BCUT2D eigenvalue weighted by atomic mass is 9.88. The molecule has 0 saturated carbocycles. The maximum atomic E-state index is 15.3. The number of nitrogens with two attached hydrogens (primary N) is 2. The Balaban J connectivity index is 1.63. The highest BCUT2D eigenvalue weighted by Gasteiger charge is 2.41. The lowest BCUT2D eigenvalue weighted by Gasteiger charge is -2.50. The molecule has 2 aliphatic heterocycles. The highest BCUT2D eigenvalue weighted by atomic mass is 35.5. The van der Waals surface area contributed by atoms with Gasteiger partial charge in [0.25, 0.3) is 0 Å². The summed E-state index contributed by atoms with van der Waals surface area (Å²) in [5.41, 5.74) is 17.0. The predicted octanol–water partition coefficient (Wildman–Crippen LogP) is 2.72. The molecule has 5 rings (SSSR count). The second-order valence-electron chi connectivity index (χ2n) is 8.28. The second kappa shape index (κ2) is 8.51. The number of nitrogens with zero attached hydrogens (tertiary/aromatic N) is 5. The molecule has 1 aromatic heterocycles. The highest BCUT2D eigenvalue weighted by Crippen LogP contribution is 2.41. The molecule has 33 heavy (non-hydrogen) atoms. The Labute approximate surface area is 196 Å². The van der Waals surface area contributed by atoms with E-state index in [9.17, 15) is 0 Å². The number of aryl methyl sites for hydroxylation is 1. The van der Waals surface area contributed by atoms with E-state index in [1.807, 2.05) is 47.2 Å². The number of aromatic nitrogens is 3. The smallest absolute Gasteiger partial charge is 0.151 e. The van der Waals surface area contributed by atoms with Crippen molar-refractivity contribution in [3.63, 3.8) is 0 Å². The number of rotatable bonds is 3. The average molecular weight is 470 g/mol. The molecule has 4 N–H and O–H groups in total. The molecule has 8 nitrogen and oxygen atoms in total. The lowest BCUT2D eigenvalue weighted by Crippen LogP contribution is -2.64. The Kier molecular flexibility index (Phi) is 5.67. The molecule has 0 radical (unpaired) electrons. The third kappa shape index (κ3) is 3.71. The van der Waals surface area contributed by atoms with Gasteiger partial charge in [-0.3, -0.25) is 10.6 Å². The molecule has 2 aromatic carbocycles. The first-order valence-electron chi connectivity index (χ1n) is 10.6. The van der Waals surface area contributed by atoms with Crippen molar-refractivity contribution in [1.29, 1.82) is 0 Å². The van der Waals surface area contributed by atoms with Crippen LogP contribution in [0.5, 0.6) is 0 Å². The van der Waals surface area contributed by atoms with Crippen molar-refractivity contribution in [2.45, 2.75) is 25.3 Å². The van der Waals surface area contributed by atoms with E-state index in [1.165, 1.54) is 17.1 Å². The number of likely N-dealkylation sites (N-methyl/N-ethyl adjacent to an activating group) is 1. The Hall–Kier alpha value is -2.82. The van der Waals surface area contributed by atoms with E-state index >= 15 is 4.39 Å². The van der Waals surface area contributed by atoms with Crippen LogP contribution in [0.15, 0.2) is 60.1 Å². The normalized spacial score (nSPS) is 23.7. The number of anilines is 1. The zero-order valence-corrected chi connectivity index (χ0v) is 19.1. The van der Waals surface area contributed by atoms with Gasteiger partial charge in [-0.2, -0.15) is 5.10 Å². The minimum atomic E-state index is -0.593. The molecular weight excluding hydrogens is 445 g/mol. The molecule has 3 atom stereocenters. The van der Waals surface area contributed by atoms with Gasteiger partial charge in [0.05, 0.1) is 19.4 Å². The zero-order valence-electron chi connectivity index (χ0n) is 18.3. The molecule has 3 aromatic rings. The van der Waals surface area contributed by atoms with Gasteiger partial charge in [-0.05, 0) is 49.9 Å². The molecule has 172 valence electrons. The summed E-state index contributed by atoms with van der Waals surface area (Å²) in [7, 11) is 1.85. The summed E-state index contributed by atoms with van der Waals surface area (Å²) in [6, 6.07) is 12.6. The van der Waals surface area contributed by atoms with Gasteiger partial charge in [-0.1, -0.05) is 23.7 Å². The fourth-order valence-corrected chi connectivity index (χ4v) is 4.68. The quantitative estimate of drug-likeness (QED) is 0.608. The van der Waals surface area contributed by atoms with E-state index in [4.69, 9.17) is 27.8 Å². The molecule has 0 spiro atoms. The van der Waals surface area contributed by atoms with Crippen molar-refractivity contribution in [2.24, 2.45) is 11.5 Å². The summed E-state index contributed by atoms with van der Waals surface area (Å²) in [5, 5.41) is 4.77. The molecular formula is C23H25ClFN7O. The highest BCUT2D eigenvalue weighted by molar-refractivity contribution is 6.30. The van der Waals surface area contributed by atoms with E-state index < -0.39 is 18.3 Å². The van der Waals surface area contributed by atoms with Gasteiger partial charge in [0.2, 0.25) is 0 Å². The van der Waals surface area contributed by atoms with Crippen molar-refractivity contribution in [2.75, 3.05) is 25.2 Å². The Morgan fingerprint density at radius 1 is 1.15 bits per heavy atom. The molecule has 2 aliphatic rings. The summed E-state index contributed by atoms with van der Waals surface area (Å²) < 4.78 is 22.7. The zero-order chi connectivity index (χ0) is 23.3. The molecule has 10 heteroatoms. The minimum absolute atomic E-state index is 0.128. The molecule has 0 saturated heterocycles. The van der Waals surface area contributed by atoms with Crippen LogP contribution in [-0.2, 0) is 4.74 Å². The van der Waals surface area contributed by atoms with Gasteiger partial charge in [0, 0.05) is 27.9 Å². The molecule has 3 unspecified atom stereocenters. The van der Waals surface area contributed by atoms with Crippen LogP contribution < -0.4 is 16.4 Å². The van der Waals surface area contributed by atoms with Crippen LogP contribution in [0.1, 0.15) is 17.3 Å². The summed E-state index contributed by atoms with van der Waals surface area (Å²) in [5.74, 6) is 0.0412. The average Bonchev–Trinajstić information content (AvgIpc) is 3.23. The van der Waals surface area contributed by atoms with Crippen LogP contribution in [0, 0.1) is 12.7 Å². The molecule has 0 aliphatic carbocycles. The van der Waals surface area contributed by atoms with Gasteiger partial charge < -0.3 is 15.4 Å². The van der Waals surface area contributed by atoms with Gasteiger partial charge in [-0.15, -0.1) is 0 Å². The van der Waals surface area contributed by atoms with Crippen LogP contribution in [0.25, 0.3) is 5.69 Å². The minimum Gasteiger partial charge on any atom is -0.376 e. The van der Waals surface area contributed by atoms with Crippen LogP contribution in [-0.4, -0.2) is 52.4 Å². The summed E-state index contributed by atoms with van der Waals surface area (Å²) in [6.07, 6.45) is 0.392. The van der Waals surface area contributed by atoms with Crippen molar-refractivity contribution in [3.05, 3.63) is 82.3 Å². The Morgan fingerprint density at radius 3 is 2.58 bits per heavy atom. The van der Waals surface area contributed by atoms with Gasteiger partial charge >= 0.3 is 0 Å². The van der Waals surface area contributed by atoms with Crippen LogP contribution >= 0.6 is 11.6 Å². The van der Waals surface area contributed by atoms with E-state index in [2.05, 4.69) is 10.1 Å². The van der Waals surface area contributed by atoms with Crippen molar-refractivity contribution < 1.29 is 9.13 Å². The van der Waals surface area contributed by atoms with Crippen LogP contribution in [0.4, 0.5) is 10.1 Å². The number of halogens is 2. The van der Waals surface area contributed by atoms with Crippen LogP contribution in [0.3, 0.4) is 0 Å². The van der Waals surface area contributed by atoms with E-state index in [-0.39, 0.29) is 5.92 Å². The first-order chi connectivity index (χ1) is 15.9. The summed E-state index contributed by atoms with van der Waals surface area (Å²) in [4.78, 5) is 7.88. The Morgan fingerprint density at radius 2 is 1.91 bits per heavy atom. The summed E-state index contributed by atoms with van der Waals surface area (Å²) >= 11 is 6.11. The van der Waals surface area contributed by atoms with Crippen LogP contribution in [0.2, 0.25) is 5.02 Å². The van der Waals surface area contributed by atoms with Gasteiger partial charge in [0.1, 0.15) is 24.1 Å². The topological polar surface area (TPSA) is 98.5 Å². The van der Waals surface area contributed by atoms with E-state index in [0.717, 1.165) is 16.8 Å². The first kappa shape index (κ1) is 22.0. The fraction of sp³-hybridized carbons (Fsp3) is 0.304. The predicted molar refractivity (Wildman–Crippen MR) is 124 cm³/mol. The monoisotopic (exact) mass is 469 g/mol. The van der Waals surface area contributed by atoms with Crippen molar-refractivity contribution >= 4 is 17.3 Å². The van der Waals surface area contributed by atoms with Gasteiger partial charge in [0.15, 0.2) is 5.82 Å². The summed E-state index contributed by atoms with van der Waals surface area (Å²) in [6.45, 7) is 2.61. The molecule has 0 fully saturated rings. The van der Waals surface area contributed by atoms with E-state index in [1.54, 1.807) is 13.0 Å². The lowest BCUT2D eigenvalue weighted by molar-refractivity contribution is 0.0906. The van der Waals surface area contributed by atoms with Crippen molar-refractivity contribution in [3.8, 4) is 5.69 Å². The van der Waals surface area contributed by atoms with Crippen molar-refractivity contribution in [1.82, 2.24) is 19.7 Å². The molecule has 0 bridgehead atoms. The largest absolute Gasteiger partial charge is 0.376 e. The standard InChI is InChI=1S/C23H25ClFN7O/c1-13-28-12-29-32(13)20-8-7-16(9-19(20)25)31-21-17(14-3-5-15(24)6-4-14)10-33-11-18(21)22(26)30(2)23(31)27/h3-9,12,17,22-23H,10-11,26-27H2,1-2H3. The third-order valence-electron chi connectivity index (χ3n) is 6.37. The Bertz CT molecular complexity index is 1210. The molecule has 3 heterocycles. The number of benzene rings is 2. The SMILES string of the molecule is Cc1ncnn1-c1ccc(N2C3=C(COCC3c3ccc(Cl)cc3)C(N)N(C)C2N)cc1F. The number of hydrogen-bond donors (Lipinski definition) is 2. The maximum Gasteiger partial charge on any atom is 0.151 e. The van der Waals surface area contributed by atoms with E-state index in [0.29, 0.717) is 35.4 Å². The second-order valence-corrected chi connectivity index (χ2v) is 8.71. The molecule has 0 amide bonds. The number of ether oxygens (including phenoxy) is 1. The number of hydrogen-bond acceptors (Lipinski definition) is 7. The third-order valence-corrected chi connectivity index (χ3v) is 6.62.